The zero-order chi connectivity index (χ0) is 36.4. The Morgan fingerprint density at radius 1 is 0.377 bits per heavy atom. The van der Waals surface area contributed by atoms with Gasteiger partial charge in [-0.1, -0.05) is 84.9 Å². The Balaban J connectivity index is 1.55. The fraction of sp³-hybridized carbons (Fsp3) is 0.125. The number of benzene rings is 8. The number of fused-ring (bicyclic) bond motifs is 11. The quantitative estimate of drug-likeness (QED) is 0.128. The summed E-state index contributed by atoms with van der Waals surface area (Å²) < 4.78 is 11.7. The van der Waals surface area contributed by atoms with Crippen LogP contribution in [-0.4, -0.2) is 50.5 Å². The van der Waals surface area contributed by atoms with E-state index in [1.165, 1.54) is 86.7 Å². The van der Waals surface area contributed by atoms with Gasteiger partial charge >= 0.3 is 0 Å². The van der Waals surface area contributed by atoms with E-state index in [9.17, 15) is 0 Å². The molecule has 0 amide bonds. The van der Waals surface area contributed by atoms with Crippen molar-refractivity contribution >= 4 is 72.5 Å². The summed E-state index contributed by atoms with van der Waals surface area (Å²) in [6.07, 6.45) is 0. The highest BCUT2D eigenvalue weighted by atomic mass is 28.3. The number of rotatable bonds is 6. The predicted molar refractivity (Wildman–Crippen MR) is 229 cm³/mol. The lowest BCUT2D eigenvalue weighted by molar-refractivity contribution is 0.415. The minimum Gasteiger partial charge on any atom is -0.497 e. The number of hydrogen-bond acceptors (Lipinski definition) is 4. The maximum Gasteiger partial charge on any atom is 0.180 e. The molecule has 4 nitrogen and oxygen atoms in total. The van der Waals surface area contributed by atoms with Gasteiger partial charge in [-0.25, -0.2) is 0 Å². The van der Waals surface area contributed by atoms with Crippen LogP contribution in [0.2, 0.25) is 0 Å². The van der Waals surface area contributed by atoms with Gasteiger partial charge in [-0.3, -0.25) is 0 Å². The van der Waals surface area contributed by atoms with Crippen LogP contribution in [0.25, 0.3) is 54.6 Å². The number of nitrogens with zero attached hydrogens (tertiary/aromatic N) is 2. The molecule has 8 aromatic rings. The van der Waals surface area contributed by atoms with Crippen LogP contribution in [0.4, 0.5) is 11.4 Å². The summed E-state index contributed by atoms with van der Waals surface area (Å²) in [5.74, 6) is 1.69. The van der Waals surface area contributed by atoms with Gasteiger partial charge in [0.05, 0.1) is 14.2 Å². The molecule has 0 atom stereocenters. The molecular formula is C48H42N2O2Si. The molecule has 0 aromatic heterocycles. The average molecular weight is 707 g/mol. The van der Waals surface area contributed by atoms with Crippen molar-refractivity contribution in [1.82, 2.24) is 0 Å². The van der Waals surface area contributed by atoms with E-state index in [-0.39, 0.29) is 0 Å². The summed E-state index contributed by atoms with van der Waals surface area (Å²) in [5.41, 5.74) is 7.37. The molecule has 8 aromatic carbocycles. The van der Waals surface area contributed by atoms with Crippen LogP contribution in [0.5, 0.6) is 11.5 Å². The second-order valence-electron chi connectivity index (χ2n) is 14.5. The van der Waals surface area contributed by atoms with Gasteiger partial charge in [0, 0.05) is 39.6 Å². The van der Waals surface area contributed by atoms with Crippen molar-refractivity contribution < 1.29 is 9.47 Å². The highest BCUT2D eigenvalue weighted by Gasteiger charge is 2.46. The molecule has 0 radical (unpaired) electrons. The van der Waals surface area contributed by atoms with Gasteiger partial charge < -0.3 is 19.3 Å². The Labute approximate surface area is 312 Å². The molecule has 9 rings (SSSR count). The Morgan fingerprint density at radius 3 is 1.15 bits per heavy atom. The average Bonchev–Trinajstić information content (AvgIpc) is 3.31. The van der Waals surface area contributed by atoms with Crippen LogP contribution in [0.3, 0.4) is 0 Å². The normalized spacial score (nSPS) is 12.9. The van der Waals surface area contributed by atoms with Crippen LogP contribution < -0.4 is 40.0 Å². The first-order chi connectivity index (χ1) is 25.8. The molecule has 0 saturated carbocycles. The van der Waals surface area contributed by atoms with Gasteiger partial charge in [0.1, 0.15) is 11.5 Å². The summed E-state index contributed by atoms with van der Waals surface area (Å²) in [6.45, 7) is 0. The number of methoxy groups -OCH3 is 2. The Kier molecular flexibility index (Phi) is 7.79. The van der Waals surface area contributed by atoms with Crippen LogP contribution in [0.15, 0.2) is 146 Å². The van der Waals surface area contributed by atoms with E-state index in [0.717, 1.165) is 11.5 Å². The van der Waals surface area contributed by atoms with Gasteiger partial charge in [-0.2, -0.15) is 0 Å². The van der Waals surface area contributed by atoms with E-state index >= 15 is 0 Å². The molecule has 0 aliphatic carbocycles. The monoisotopic (exact) mass is 706 g/mol. The third kappa shape index (κ3) is 4.95. The molecule has 0 saturated heterocycles. The lowest BCUT2D eigenvalue weighted by Gasteiger charge is -2.36. The Hall–Kier alpha value is -6.04. The van der Waals surface area contributed by atoms with Crippen molar-refractivity contribution in [2.45, 2.75) is 0 Å². The summed E-state index contributed by atoms with van der Waals surface area (Å²) in [4.78, 5) is 4.44. The Morgan fingerprint density at radius 2 is 0.774 bits per heavy atom. The van der Waals surface area contributed by atoms with E-state index in [1.54, 1.807) is 14.2 Å². The summed E-state index contributed by atoms with van der Waals surface area (Å²) in [5, 5.41) is 12.6. The maximum atomic E-state index is 5.83. The van der Waals surface area contributed by atoms with Crippen LogP contribution in [0.1, 0.15) is 0 Å². The number of hydrogen-bond donors (Lipinski definition) is 0. The van der Waals surface area contributed by atoms with Gasteiger partial charge in [0.2, 0.25) is 0 Å². The van der Waals surface area contributed by atoms with Gasteiger partial charge in [0.15, 0.2) is 8.07 Å². The number of anilines is 2. The molecular weight excluding hydrogens is 665 g/mol. The van der Waals surface area contributed by atoms with E-state index in [0.29, 0.717) is 0 Å². The summed E-state index contributed by atoms with van der Waals surface area (Å²) in [7, 11) is 9.11. The lowest BCUT2D eigenvalue weighted by atomic mass is 9.87. The zero-order valence-electron chi connectivity index (χ0n) is 31.1. The van der Waals surface area contributed by atoms with Crippen molar-refractivity contribution in [2.24, 2.45) is 0 Å². The summed E-state index contributed by atoms with van der Waals surface area (Å²) in [6, 6.07) is 54.8. The Bertz CT molecular complexity index is 2520. The van der Waals surface area contributed by atoms with E-state index in [1.807, 2.05) is 0 Å². The molecule has 53 heavy (non-hydrogen) atoms. The number of ether oxygens (including phenoxy) is 2. The van der Waals surface area contributed by atoms with Crippen LogP contribution >= 0.6 is 0 Å². The predicted octanol–water partition coefficient (Wildman–Crippen LogP) is 8.32. The molecule has 0 spiro atoms. The molecule has 0 bridgehead atoms. The van der Waals surface area contributed by atoms with Crippen molar-refractivity contribution in [3.8, 4) is 33.8 Å². The van der Waals surface area contributed by atoms with Gasteiger partial charge in [0.25, 0.3) is 0 Å². The maximum absolute atomic E-state index is 5.83. The standard InChI is InChI=1S/C48H42N2O2Si/c1-49(2)31-17-23-47-45(25-31)43-29-41-39-27-33(51-5)19-21-37(39)38-22-20-34(52-6)28-40(38)42(41)30-44(43)46-26-32(50(3)4)18-24-48(46)53(47,35-13-9-7-10-14-35)36-15-11-8-12-16-36/h7-30H,1-6H3. The minimum atomic E-state index is -2.93. The topological polar surface area (TPSA) is 24.9 Å². The molecule has 1 heterocycles. The minimum absolute atomic E-state index is 0.845. The molecule has 1 aliphatic heterocycles. The fourth-order valence-corrected chi connectivity index (χ4v) is 13.9. The lowest BCUT2D eigenvalue weighted by Crippen LogP contribution is -2.75. The zero-order valence-corrected chi connectivity index (χ0v) is 32.1. The smallest absolute Gasteiger partial charge is 0.180 e. The highest BCUT2D eigenvalue weighted by molar-refractivity contribution is 7.21. The molecule has 0 N–H and O–H groups in total. The van der Waals surface area contributed by atoms with E-state index < -0.39 is 8.07 Å². The third-order valence-electron chi connectivity index (χ3n) is 11.3. The molecule has 1 aliphatic rings. The summed E-state index contributed by atoms with van der Waals surface area (Å²) >= 11 is 0. The van der Waals surface area contributed by atoms with Crippen molar-refractivity contribution in [3.63, 3.8) is 0 Å². The largest absolute Gasteiger partial charge is 0.497 e. The third-order valence-corrected chi connectivity index (χ3v) is 16.2. The van der Waals surface area contributed by atoms with Gasteiger partial charge in [-0.15, -0.1) is 0 Å². The molecule has 0 fully saturated rings. The van der Waals surface area contributed by atoms with Gasteiger partial charge in [-0.05, 0) is 136 Å². The first-order valence-corrected chi connectivity index (χ1v) is 20.1. The second kappa shape index (κ2) is 12.6. The van der Waals surface area contributed by atoms with Crippen molar-refractivity contribution in [1.29, 1.82) is 0 Å². The SMILES string of the molecule is COc1ccc2c3ccc(OC)cc3c3cc4c(cc3c2c1)-c1cc(N(C)C)ccc1[Si](c1ccccc1)(c1ccccc1)c1ccc(N(C)C)cc1-4. The fourth-order valence-electron chi connectivity index (χ4n) is 8.74. The molecule has 260 valence electrons. The van der Waals surface area contributed by atoms with Crippen molar-refractivity contribution in [2.75, 3.05) is 52.2 Å². The molecule has 0 unspecified atom stereocenters. The first-order valence-electron chi connectivity index (χ1n) is 18.1. The molecule has 5 heteroatoms. The van der Waals surface area contributed by atoms with E-state index in [4.69, 9.17) is 9.47 Å². The van der Waals surface area contributed by atoms with Crippen LogP contribution in [0, 0.1) is 0 Å². The highest BCUT2D eigenvalue weighted by Crippen LogP contribution is 2.45. The van der Waals surface area contributed by atoms with Crippen LogP contribution in [-0.2, 0) is 0 Å². The van der Waals surface area contributed by atoms with Crippen molar-refractivity contribution in [3.05, 3.63) is 146 Å². The first kappa shape index (κ1) is 32.8. The second-order valence-corrected chi connectivity index (χ2v) is 18.2. The van der Waals surface area contributed by atoms with E-state index in [2.05, 4.69) is 184 Å².